The predicted octanol–water partition coefficient (Wildman–Crippen LogP) is 1.94. The fourth-order valence-electron chi connectivity index (χ4n) is 2.07. The molecule has 3 nitrogen and oxygen atoms in total. The van der Waals surface area contributed by atoms with Crippen LogP contribution in [0.3, 0.4) is 0 Å². The molecule has 1 aliphatic heterocycles. The molecule has 0 amide bonds. The van der Waals surface area contributed by atoms with E-state index in [1.54, 1.807) is 7.05 Å². The molecule has 0 aromatic heterocycles. The van der Waals surface area contributed by atoms with Crippen molar-refractivity contribution >= 4 is 0 Å². The first kappa shape index (κ1) is 12.9. The summed E-state index contributed by atoms with van der Waals surface area (Å²) in [6.07, 6.45) is 0. The van der Waals surface area contributed by atoms with E-state index in [9.17, 15) is 8.78 Å². The van der Waals surface area contributed by atoms with E-state index < -0.39 is 17.0 Å². The number of ether oxygens (including phenoxy) is 1. The topological polar surface area (TPSA) is 36.3 Å². The molecular formula is C13H14F2N2O. The molecule has 1 aromatic carbocycles. The van der Waals surface area contributed by atoms with Crippen molar-refractivity contribution in [2.75, 3.05) is 26.8 Å². The van der Waals surface area contributed by atoms with Gasteiger partial charge in [-0.25, -0.2) is 8.78 Å². The average molecular weight is 252 g/mol. The minimum atomic E-state index is -0.501. The maximum Gasteiger partial charge on any atom is 0.127 e. The van der Waals surface area contributed by atoms with Crippen molar-refractivity contribution in [3.8, 4) is 6.07 Å². The molecule has 0 radical (unpaired) electrons. The van der Waals surface area contributed by atoms with E-state index in [2.05, 4.69) is 6.07 Å². The lowest BCUT2D eigenvalue weighted by Gasteiger charge is -2.38. The van der Waals surface area contributed by atoms with E-state index in [1.807, 2.05) is 4.90 Å². The van der Waals surface area contributed by atoms with E-state index >= 15 is 0 Å². The van der Waals surface area contributed by atoms with Crippen LogP contribution in [0.25, 0.3) is 0 Å². The molecular weight excluding hydrogens is 238 g/mol. The third-order valence-electron chi connectivity index (χ3n) is 3.01. The van der Waals surface area contributed by atoms with E-state index in [-0.39, 0.29) is 6.54 Å². The van der Waals surface area contributed by atoms with Crippen LogP contribution >= 0.6 is 0 Å². The molecule has 96 valence electrons. The largest absolute Gasteiger partial charge is 0.378 e. The Morgan fingerprint density at radius 2 is 2.17 bits per heavy atom. The van der Waals surface area contributed by atoms with Crippen LogP contribution in [-0.2, 0) is 11.3 Å². The standard InChI is InChI=1S/C13H14F2N2O/c1-17(7-13(6-16)8-18-9-13)5-10-4-11(14)2-3-12(10)15/h2-4H,5,7-9H2,1H3. The fraction of sp³-hybridized carbons (Fsp3) is 0.462. The van der Waals surface area contributed by atoms with Crippen LogP contribution in [0.15, 0.2) is 18.2 Å². The summed E-state index contributed by atoms with van der Waals surface area (Å²) in [5, 5.41) is 9.06. The number of hydrogen-bond acceptors (Lipinski definition) is 3. The molecule has 1 heterocycles. The molecule has 1 fully saturated rings. The monoisotopic (exact) mass is 252 g/mol. The Bertz CT molecular complexity index is 480. The summed E-state index contributed by atoms with van der Waals surface area (Å²) in [6, 6.07) is 5.61. The molecule has 0 aliphatic carbocycles. The third-order valence-corrected chi connectivity index (χ3v) is 3.01. The van der Waals surface area contributed by atoms with Crippen LogP contribution in [0.2, 0.25) is 0 Å². The van der Waals surface area contributed by atoms with Crippen LogP contribution in [0.4, 0.5) is 8.78 Å². The van der Waals surface area contributed by atoms with Crippen molar-refractivity contribution in [3.05, 3.63) is 35.4 Å². The van der Waals surface area contributed by atoms with Gasteiger partial charge >= 0.3 is 0 Å². The average Bonchev–Trinajstić information content (AvgIpc) is 2.28. The van der Waals surface area contributed by atoms with Gasteiger partial charge in [0.1, 0.15) is 17.0 Å². The van der Waals surface area contributed by atoms with Crippen LogP contribution in [0.5, 0.6) is 0 Å². The summed E-state index contributed by atoms with van der Waals surface area (Å²) in [6.45, 7) is 1.56. The highest BCUT2D eigenvalue weighted by Crippen LogP contribution is 2.27. The molecule has 0 bridgehead atoms. The van der Waals surface area contributed by atoms with E-state index in [1.165, 1.54) is 6.07 Å². The molecule has 0 atom stereocenters. The number of nitrogens with zero attached hydrogens (tertiary/aromatic N) is 2. The van der Waals surface area contributed by atoms with Gasteiger partial charge in [0.05, 0.1) is 19.3 Å². The van der Waals surface area contributed by atoms with Crippen molar-refractivity contribution in [2.45, 2.75) is 6.54 Å². The summed E-state index contributed by atoms with van der Waals surface area (Å²) in [4.78, 5) is 1.81. The van der Waals surface area contributed by atoms with Crippen LogP contribution in [-0.4, -0.2) is 31.7 Å². The summed E-state index contributed by atoms with van der Waals surface area (Å²) in [5.74, 6) is -0.888. The zero-order chi connectivity index (χ0) is 13.2. The van der Waals surface area contributed by atoms with Gasteiger partial charge in [-0.15, -0.1) is 0 Å². The Morgan fingerprint density at radius 1 is 1.44 bits per heavy atom. The minimum absolute atomic E-state index is 0.271. The van der Waals surface area contributed by atoms with Crippen LogP contribution in [0, 0.1) is 28.4 Å². The molecule has 1 saturated heterocycles. The third kappa shape index (κ3) is 2.66. The zero-order valence-electron chi connectivity index (χ0n) is 10.1. The zero-order valence-corrected chi connectivity index (χ0v) is 10.1. The Balaban J connectivity index is 2.01. The number of halogens is 2. The number of hydrogen-bond donors (Lipinski definition) is 0. The van der Waals surface area contributed by atoms with Gasteiger partial charge in [0.15, 0.2) is 0 Å². The molecule has 0 unspecified atom stereocenters. The highest BCUT2D eigenvalue weighted by atomic mass is 19.1. The van der Waals surface area contributed by atoms with Crippen molar-refractivity contribution in [1.29, 1.82) is 5.26 Å². The predicted molar refractivity (Wildman–Crippen MR) is 61.6 cm³/mol. The van der Waals surface area contributed by atoms with Crippen molar-refractivity contribution in [2.24, 2.45) is 5.41 Å². The smallest absolute Gasteiger partial charge is 0.127 e. The molecule has 18 heavy (non-hydrogen) atoms. The van der Waals surface area contributed by atoms with Gasteiger partial charge < -0.3 is 9.64 Å². The van der Waals surface area contributed by atoms with Crippen molar-refractivity contribution in [1.82, 2.24) is 4.90 Å². The Morgan fingerprint density at radius 3 is 2.72 bits per heavy atom. The molecule has 1 aromatic rings. The number of nitriles is 1. The Kier molecular flexibility index (Phi) is 3.60. The quantitative estimate of drug-likeness (QED) is 0.821. The lowest BCUT2D eigenvalue weighted by Crippen LogP contribution is -2.48. The Hall–Kier alpha value is -1.51. The summed E-state index contributed by atoms with van der Waals surface area (Å²) < 4.78 is 31.5. The molecule has 0 N–H and O–H groups in total. The van der Waals surface area contributed by atoms with Crippen molar-refractivity contribution in [3.63, 3.8) is 0 Å². The van der Waals surface area contributed by atoms with Crippen LogP contribution < -0.4 is 0 Å². The van der Waals surface area contributed by atoms with Gasteiger partial charge in [-0.1, -0.05) is 0 Å². The van der Waals surface area contributed by atoms with Gasteiger partial charge in [-0.3, -0.25) is 0 Å². The second-order valence-corrected chi connectivity index (χ2v) is 4.79. The fourth-order valence-corrected chi connectivity index (χ4v) is 2.07. The highest BCUT2D eigenvalue weighted by molar-refractivity contribution is 5.18. The van der Waals surface area contributed by atoms with Crippen LogP contribution in [0.1, 0.15) is 5.56 Å². The minimum Gasteiger partial charge on any atom is -0.378 e. The van der Waals surface area contributed by atoms with Gasteiger partial charge in [-0.05, 0) is 25.2 Å². The van der Waals surface area contributed by atoms with E-state index in [0.717, 1.165) is 12.1 Å². The second-order valence-electron chi connectivity index (χ2n) is 4.79. The maximum absolute atomic E-state index is 13.5. The number of rotatable bonds is 4. The lowest BCUT2D eigenvalue weighted by molar-refractivity contribution is -0.0896. The second kappa shape index (κ2) is 5.01. The van der Waals surface area contributed by atoms with Gasteiger partial charge in [0, 0.05) is 18.7 Å². The normalized spacial score (nSPS) is 17.3. The summed E-state index contributed by atoms with van der Waals surface area (Å²) in [7, 11) is 1.78. The van der Waals surface area contributed by atoms with Gasteiger partial charge in [0.2, 0.25) is 0 Å². The van der Waals surface area contributed by atoms with E-state index in [0.29, 0.717) is 25.3 Å². The summed E-state index contributed by atoms with van der Waals surface area (Å²) >= 11 is 0. The molecule has 2 rings (SSSR count). The van der Waals surface area contributed by atoms with Gasteiger partial charge in [-0.2, -0.15) is 5.26 Å². The molecule has 1 aliphatic rings. The first-order valence-corrected chi connectivity index (χ1v) is 5.66. The number of benzene rings is 1. The summed E-state index contributed by atoms with van der Waals surface area (Å²) in [5.41, 5.74) is -0.204. The molecule has 0 saturated carbocycles. The molecule has 5 heteroatoms. The first-order chi connectivity index (χ1) is 8.54. The van der Waals surface area contributed by atoms with Crippen molar-refractivity contribution < 1.29 is 13.5 Å². The van der Waals surface area contributed by atoms with E-state index in [4.69, 9.17) is 10.00 Å². The Labute approximate surface area is 105 Å². The lowest BCUT2D eigenvalue weighted by atomic mass is 9.87. The molecule has 0 spiro atoms. The SMILES string of the molecule is CN(Cc1cc(F)ccc1F)CC1(C#N)COC1. The maximum atomic E-state index is 13.5. The first-order valence-electron chi connectivity index (χ1n) is 5.66. The van der Waals surface area contributed by atoms with Gasteiger partial charge in [0.25, 0.3) is 0 Å². The highest BCUT2D eigenvalue weighted by Gasteiger charge is 2.39.